The molecule has 4 heteroatoms. The molecule has 1 unspecified atom stereocenters. The van der Waals surface area contributed by atoms with Crippen molar-refractivity contribution in [1.29, 1.82) is 0 Å². The molecule has 1 fully saturated rings. The van der Waals surface area contributed by atoms with Crippen molar-refractivity contribution in [3.05, 3.63) is 0 Å². The third kappa shape index (κ3) is 3.18. The first kappa shape index (κ1) is 11.3. The highest BCUT2D eigenvalue weighted by Gasteiger charge is 2.24. The Kier molecular flexibility index (Phi) is 4.73. The maximum atomic E-state index is 11.5. The molecular formula is C10H20N2O2. The molecule has 14 heavy (non-hydrogen) atoms. The molecule has 1 saturated heterocycles. The Balaban J connectivity index is 2.18. The van der Waals surface area contributed by atoms with E-state index in [1.807, 2.05) is 0 Å². The van der Waals surface area contributed by atoms with Crippen molar-refractivity contribution >= 4 is 6.03 Å². The van der Waals surface area contributed by atoms with Crippen LogP contribution in [-0.4, -0.2) is 42.3 Å². The van der Waals surface area contributed by atoms with Gasteiger partial charge in [0.25, 0.3) is 0 Å². The minimum absolute atomic E-state index is 0.0226. The Morgan fingerprint density at radius 3 is 3.00 bits per heavy atom. The first-order valence-electron chi connectivity index (χ1n) is 5.41. The van der Waals surface area contributed by atoms with E-state index < -0.39 is 0 Å². The number of unbranched alkanes of at least 4 members (excludes halogenated alkanes) is 1. The zero-order valence-electron chi connectivity index (χ0n) is 8.83. The number of urea groups is 1. The van der Waals surface area contributed by atoms with Crippen LogP contribution in [0.15, 0.2) is 0 Å². The van der Waals surface area contributed by atoms with Crippen molar-refractivity contribution in [2.24, 2.45) is 5.92 Å². The van der Waals surface area contributed by atoms with Gasteiger partial charge in [0.05, 0.1) is 0 Å². The van der Waals surface area contributed by atoms with Crippen molar-refractivity contribution < 1.29 is 9.90 Å². The molecule has 4 nitrogen and oxygen atoms in total. The van der Waals surface area contributed by atoms with Crippen LogP contribution in [0.5, 0.6) is 0 Å². The number of carbonyl (C=O) groups is 1. The molecule has 1 aliphatic rings. The predicted molar refractivity (Wildman–Crippen MR) is 55.1 cm³/mol. The Hall–Kier alpha value is -0.770. The van der Waals surface area contributed by atoms with E-state index in [2.05, 4.69) is 12.2 Å². The Morgan fingerprint density at radius 1 is 1.64 bits per heavy atom. The topological polar surface area (TPSA) is 52.6 Å². The van der Waals surface area contributed by atoms with Crippen LogP contribution in [0.1, 0.15) is 26.2 Å². The summed E-state index contributed by atoms with van der Waals surface area (Å²) in [6.07, 6.45) is 3.06. The lowest BCUT2D eigenvalue weighted by Crippen LogP contribution is -2.39. The quantitative estimate of drug-likeness (QED) is 0.660. The summed E-state index contributed by atoms with van der Waals surface area (Å²) in [4.78, 5) is 13.3. The van der Waals surface area contributed by atoms with E-state index in [1.54, 1.807) is 4.90 Å². The lowest BCUT2D eigenvalue weighted by atomic mass is 10.1. The summed E-state index contributed by atoms with van der Waals surface area (Å²) in [5.41, 5.74) is 0. The largest absolute Gasteiger partial charge is 0.396 e. The molecule has 0 saturated carbocycles. The van der Waals surface area contributed by atoms with Crippen LogP contribution in [0, 0.1) is 5.92 Å². The summed E-state index contributed by atoms with van der Waals surface area (Å²) in [6, 6.07) is 0.0226. The number of hydrogen-bond acceptors (Lipinski definition) is 2. The standard InChI is InChI=1S/C10H20N2O2/c1-2-3-5-11-10(14)12-6-4-9(7-12)8-13/h9,13H,2-8H2,1H3,(H,11,14). The SMILES string of the molecule is CCCCNC(=O)N1CCC(CO)C1. The molecule has 2 amide bonds. The van der Waals surface area contributed by atoms with E-state index in [-0.39, 0.29) is 18.6 Å². The second-order valence-electron chi connectivity index (χ2n) is 3.87. The summed E-state index contributed by atoms with van der Waals surface area (Å²) in [5, 5.41) is 11.8. The molecule has 1 aliphatic heterocycles. The zero-order valence-corrected chi connectivity index (χ0v) is 8.83. The van der Waals surface area contributed by atoms with Gasteiger partial charge < -0.3 is 15.3 Å². The van der Waals surface area contributed by atoms with Gasteiger partial charge in [-0.2, -0.15) is 0 Å². The van der Waals surface area contributed by atoms with Gasteiger partial charge in [-0.25, -0.2) is 4.79 Å². The molecule has 1 heterocycles. The molecule has 0 spiro atoms. The predicted octanol–water partition coefficient (Wildman–Crippen LogP) is 0.810. The van der Waals surface area contributed by atoms with Crippen molar-refractivity contribution in [1.82, 2.24) is 10.2 Å². The Morgan fingerprint density at radius 2 is 2.43 bits per heavy atom. The summed E-state index contributed by atoms with van der Waals surface area (Å²) < 4.78 is 0. The summed E-state index contributed by atoms with van der Waals surface area (Å²) >= 11 is 0. The second-order valence-corrected chi connectivity index (χ2v) is 3.87. The van der Waals surface area contributed by atoms with Crippen molar-refractivity contribution in [3.8, 4) is 0 Å². The molecule has 1 atom stereocenters. The molecule has 0 bridgehead atoms. The van der Waals surface area contributed by atoms with Gasteiger partial charge in [0.15, 0.2) is 0 Å². The van der Waals surface area contributed by atoms with Crippen LogP contribution in [0.4, 0.5) is 4.79 Å². The van der Waals surface area contributed by atoms with Crippen LogP contribution < -0.4 is 5.32 Å². The van der Waals surface area contributed by atoms with Gasteiger partial charge in [0.2, 0.25) is 0 Å². The smallest absolute Gasteiger partial charge is 0.317 e. The number of nitrogens with one attached hydrogen (secondary N) is 1. The summed E-state index contributed by atoms with van der Waals surface area (Å²) in [7, 11) is 0. The van der Waals surface area contributed by atoms with Crippen molar-refractivity contribution in [3.63, 3.8) is 0 Å². The molecule has 0 aromatic carbocycles. The van der Waals surface area contributed by atoms with Crippen molar-refractivity contribution in [2.75, 3.05) is 26.2 Å². The first-order chi connectivity index (χ1) is 6.77. The lowest BCUT2D eigenvalue weighted by Gasteiger charge is -2.16. The normalized spacial score (nSPS) is 21.3. The number of carbonyl (C=O) groups excluding carboxylic acids is 1. The second kappa shape index (κ2) is 5.86. The average Bonchev–Trinajstić information content (AvgIpc) is 2.66. The number of nitrogens with zero attached hydrogens (tertiary/aromatic N) is 1. The fraction of sp³-hybridized carbons (Fsp3) is 0.900. The minimum Gasteiger partial charge on any atom is -0.396 e. The maximum absolute atomic E-state index is 11.5. The van der Waals surface area contributed by atoms with E-state index in [0.29, 0.717) is 6.54 Å². The number of aliphatic hydroxyl groups is 1. The van der Waals surface area contributed by atoms with Gasteiger partial charge in [-0.1, -0.05) is 13.3 Å². The molecule has 0 aromatic rings. The molecule has 0 radical (unpaired) electrons. The monoisotopic (exact) mass is 200 g/mol. The van der Waals surface area contributed by atoms with Gasteiger partial charge in [0, 0.05) is 32.2 Å². The Bertz CT molecular complexity index is 185. The zero-order chi connectivity index (χ0) is 10.4. The van der Waals surface area contributed by atoms with Crippen molar-refractivity contribution in [2.45, 2.75) is 26.2 Å². The van der Waals surface area contributed by atoms with Gasteiger partial charge in [0.1, 0.15) is 0 Å². The number of hydrogen-bond donors (Lipinski definition) is 2. The fourth-order valence-electron chi connectivity index (χ4n) is 1.65. The van der Waals surface area contributed by atoms with Crippen LogP contribution in [0.2, 0.25) is 0 Å². The maximum Gasteiger partial charge on any atom is 0.317 e. The third-order valence-electron chi connectivity index (χ3n) is 2.64. The minimum atomic E-state index is 0.0226. The van der Waals surface area contributed by atoms with Crippen LogP contribution >= 0.6 is 0 Å². The van der Waals surface area contributed by atoms with Gasteiger partial charge in [-0.15, -0.1) is 0 Å². The number of aliphatic hydroxyl groups excluding tert-OH is 1. The first-order valence-corrected chi connectivity index (χ1v) is 5.41. The molecule has 0 aromatic heterocycles. The van der Waals surface area contributed by atoms with Crippen LogP contribution in [-0.2, 0) is 0 Å². The third-order valence-corrected chi connectivity index (χ3v) is 2.64. The molecule has 2 N–H and O–H groups in total. The van der Waals surface area contributed by atoms with Crippen LogP contribution in [0.25, 0.3) is 0 Å². The highest BCUT2D eigenvalue weighted by Crippen LogP contribution is 2.14. The summed E-state index contributed by atoms with van der Waals surface area (Å²) in [6.45, 7) is 4.54. The van der Waals surface area contributed by atoms with Gasteiger partial charge >= 0.3 is 6.03 Å². The highest BCUT2D eigenvalue weighted by atomic mass is 16.3. The van der Waals surface area contributed by atoms with E-state index >= 15 is 0 Å². The molecular weight excluding hydrogens is 180 g/mol. The van der Waals surface area contributed by atoms with Gasteiger partial charge in [-0.05, 0) is 12.8 Å². The van der Waals surface area contributed by atoms with Gasteiger partial charge in [-0.3, -0.25) is 0 Å². The molecule has 0 aliphatic carbocycles. The Labute approximate surface area is 85.3 Å². The molecule has 82 valence electrons. The van der Waals surface area contributed by atoms with E-state index in [4.69, 9.17) is 5.11 Å². The molecule has 1 rings (SSSR count). The van der Waals surface area contributed by atoms with E-state index in [1.165, 1.54) is 0 Å². The van der Waals surface area contributed by atoms with E-state index in [0.717, 1.165) is 32.4 Å². The fourth-order valence-corrected chi connectivity index (χ4v) is 1.65. The summed E-state index contributed by atoms with van der Waals surface area (Å²) in [5.74, 6) is 0.284. The number of likely N-dealkylation sites (tertiary alicyclic amines) is 1. The highest BCUT2D eigenvalue weighted by molar-refractivity contribution is 5.74. The lowest BCUT2D eigenvalue weighted by molar-refractivity contribution is 0.198. The van der Waals surface area contributed by atoms with E-state index in [9.17, 15) is 4.79 Å². The number of rotatable bonds is 4. The average molecular weight is 200 g/mol. The number of amides is 2. The van der Waals surface area contributed by atoms with Crippen LogP contribution in [0.3, 0.4) is 0 Å².